The number of amides is 1. The smallest absolute Gasteiger partial charge is 0.497 e. The van der Waals surface area contributed by atoms with Gasteiger partial charge in [0.1, 0.15) is 17.2 Å². The summed E-state index contributed by atoms with van der Waals surface area (Å²) < 4.78 is 50.4. The minimum atomic E-state index is -4.75. The highest BCUT2D eigenvalue weighted by atomic mass is 19.4. The second-order valence-electron chi connectivity index (χ2n) is 4.97. The van der Waals surface area contributed by atoms with Crippen LogP contribution in [0.2, 0.25) is 0 Å². The molecular weight excluding hydrogens is 339 g/mol. The molecule has 0 fully saturated rings. The number of benzene rings is 2. The summed E-state index contributed by atoms with van der Waals surface area (Å²) in [6, 6.07) is 9.96. The van der Waals surface area contributed by atoms with Crippen molar-refractivity contribution in [2.75, 3.05) is 19.5 Å². The number of carbonyl (C=O) groups excluding carboxylic acids is 1. The van der Waals surface area contributed by atoms with Crippen LogP contribution in [-0.2, 0) is 11.2 Å². The largest absolute Gasteiger partial charge is 0.573 e. The van der Waals surface area contributed by atoms with Gasteiger partial charge < -0.3 is 19.5 Å². The van der Waals surface area contributed by atoms with Crippen molar-refractivity contribution in [3.8, 4) is 17.2 Å². The maximum atomic E-state index is 12.1. The molecule has 0 saturated heterocycles. The molecule has 0 aliphatic carbocycles. The van der Waals surface area contributed by atoms with E-state index in [1.54, 1.807) is 18.2 Å². The molecule has 2 aromatic carbocycles. The summed E-state index contributed by atoms with van der Waals surface area (Å²) in [5.41, 5.74) is 1.00. The normalized spacial score (nSPS) is 10.9. The molecule has 0 aromatic heterocycles. The number of rotatable bonds is 6. The predicted molar refractivity (Wildman–Crippen MR) is 85.0 cm³/mol. The van der Waals surface area contributed by atoms with Crippen molar-refractivity contribution in [2.24, 2.45) is 0 Å². The summed E-state index contributed by atoms with van der Waals surface area (Å²) in [4.78, 5) is 12.1. The maximum Gasteiger partial charge on any atom is 0.573 e. The summed E-state index contributed by atoms with van der Waals surface area (Å²) in [7, 11) is 3.00. The number of carbonyl (C=O) groups is 1. The van der Waals surface area contributed by atoms with Crippen LogP contribution in [0.4, 0.5) is 18.9 Å². The first-order valence-electron chi connectivity index (χ1n) is 7.17. The van der Waals surface area contributed by atoms with Gasteiger partial charge in [0.25, 0.3) is 0 Å². The molecule has 1 N–H and O–H groups in total. The fraction of sp³-hybridized carbons (Fsp3) is 0.235. The number of hydrogen-bond acceptors (Lipinski definition) is 4. The number of hydrogen-bond donors (Lipinski definition) is 1. The van der Waals surface area contributed by atoms with Crippen LogP contribution < -0.4 is 19.5 Å². The number of halogens is 3. The number of anilines is 1. The third-order valence-corrected chi connectivity index (χ3v) is 3.22. The van der Waals surface area contributed by atoms with Crippen molar-refractivity contribution in [3.63, 3.8) is 0 Å². The van der Waals surface area contributed by atoms with Crippen LogP contribution in [0.5, 0.6) is 17.2 Å². The Kier molecular flexibility index (Phi) is 5.74. The van der Waals surface area contributed by atoms with Gasteiger partial charge in [-0.25, -0.2) is 0 Å². The summed E-state index contributed by atoms with van der Waals surface area (Å²) in [5.74, 6) is 0.403. The fourth-order valence-corrected chi connectivity index (χ4v) is 2.12. The van der Waals surface area contributed by atoms with E-state index in [4.69, 9.17) is 9.47 Å². The first-order valence-corrected chi connectivity index (χ1v) is 7.17. The van der Waals surface area contributed by atoms with Crippen LogP contribution in [0.15, 0.2) is 42.5 Å². The van der Waals surface area contributed by atoms with Crippen molar-refractivity contribution >= 4 is 11.6 Å². The highest BCUT2D eigenvalue weighted by Gasteiger charge is 2.30. The molecule has 0 unspecified atom stereocenters. The molecule has 0 radical (unpaired) electrons. The lowest BCUT2D eigenvalue weighted by Gasteiger charge is -2.11. The summed E-state index contributed by atoms with van der Waals surface area (Å²) in [5, 5.41) is 2.60. The van der Waals surface area contributed by atoms with E-state index in [0.717, 1.165) is 12.1 Å². The van der Waals surface area contributed by atoms with Crippen molar-refractivity contribution in [1.82, 2.24) is 0 Å². The lowest BCUT2D eigenvalue weighted by Crippen LogP contribution is -2.17. The molecule has 0 aliphatic rings. The van der Waals surface area contributed by atoms with Gasteiger partial charge >= 0.3 is 6.36 Å². The second kappa shape index (κ2) is 7.78. The molecule has 0 heterocycles. The van der Waals surface area contributed by atoms with Gasteiger partial charge in [0.15, 0.2) is 0 Å². The maximum absolute atomic E-state index is 12.1. The van der Waals surface area contributed by atoms with Gasteiger partial charge in [-0.2, -0.15) is 0 Å². The molecule has 134 valence electrons. The predicted octanol–water partition coefficient (Wildman–Crippen LogP) is 3.78. The van der Waals surface area contributed by atoms with E-state index in [9.17, 15) is 18.0 Å². The lowest BCUT2D eigenvalue weighted by atomic mass is 10.1. The van der Waals surface area contributed by atoms with E-state index in [-0.39, 0.29) is 18.1 Å². The quantitative estimate of drug-likeness (QED) is 0.857. The van der Waals surface area contributed by atoms with Crippen LogP contribution in [-0.4, -0.2) is 26.5 Å². The Labute approximate surface area is 142 Å². The highest BCUT2D eigenvalue weighted by Crippen LogP contribution is 2.26. The summed E-state index contributed by atoms with van der Waals surface area (Å²) >= 11 is 0. The SMILES string of the molecule is COc1ccc(CC(=O)Nc2ccc(OC(F)(F)F)cc2)c(OC)c1. The van der Waals surface area contributed by atoms with E-state index in [1.807, 2.05) is 0 Å². The number of methoxy groups -OCH3 is 2. The Hall–Kier alpha value is -2.90. The second-order valence-corrected chi connectivity index (χ2v) is 4.97. The van der Waals surface area contributed by atoms with Crippen molar-refractivity contribution in [1.29, 1.82) is 0 Å². The zero-order valence-electron chi connectivity index (χ0n) is 13.5. The average molecular weight is 355 g/mol. The van der Waals surface area contributed by atoms with Crippen molar-refractivity contribution < 1.29 is 32.2 Å². The molecule has 5 nitrogen and oxygen atoms in total. The Morgan fingerprint density at radius 3 is 2.20 bits per heavy atom. The Balaban J connectivity index is 2.00. The molecule has 0 saturated carbocycles. The van der Waals surface area contributed by atoms with Crippen LogP contribution in [0.3, 0.4) is 0 Å². The minimum Gasteiger partial charge on any atom is -0.497 e. The minimum absolute atomic E-state index is 0.0357. The van der Waals surface area contributed by atoms with E-state index in [0.29, 0.717) is 22.7 Å². The van der Waals surface area contributed by atoms with E-state index in [2.05, 4.69) is 10.1 Å². The van der Waals surface area contributed by atoms with E-state index in [1.165, 1.54) is 26.4 Å². The molecular formula is C17H16F3NO4. The number of alkyl halides is 3. The molecule has 0 aliphatic heterocycles. The Morgan fingerprint density at radius 1 is 1.00 bits per heavy atom. The standard InChI is InChI=1S/C17H16F3NO4/c1-23-14-6-3-11(15(10-14)24-2)9-16(22)21-12-4-7-13(8-5-12)25-17(18,19)20/h3-8,10H,9H2,1-2H3,(H,21,22). The topological polar surface area (TPSA) is 56.8 Å². The molecule has 8 heteroatoms. The molecule has 0 bridgehead atoms. The lowest BCUT2D eigenvalue weighted by molar-refractivity contribution is -0.274. The highest BCUT2D eigenvalue weighted by molar-refractivity contribution is 5.92. The number of ether oxygens (including phenoxy) is 3. The molecule has 2 rings (SSSR count). The average Bonchev–Trinajstić information content (AvgIpc) is 2.55. The van der Waals surface area contributed by atoms with Crippen LogP contribution in [0.25, 0.3) is 0 Å². The van der Waals surface area contributed by atoms with Crippen LogP contribution in [0, 0.1) is 0 Å². The van der Waals surface area contributed by atoms with Gasteiger partial charge in [-0.15, -0.1) is 13.2 Å². The molecule has 0 atom stereocenters. The monoisotopic (exact) mass is 355 g/mol. The Bertz CT molecular complexity index is 730. The molecule has 1 amide bonds. The van der Waals surface area contributed by atoms with E-state index < -0.39 is 6.36 Å². The third-order valence-electron chi connectivity index (χ3n) is 3.22. The summed E-state index contributed by atoms with van der Waals surface area (Å²) in [6.07, 6.45) is -4.72. The Morgan fingerprint density at radius 2 is 1.64 bits per heavy atom. The van der Waals surface area contributed by atoms with Gasteiger partial charge in [0, 0.05) is 17.3 Å². The van der Waals surface area contributed by atoms with Crippen LogP contribution >= 0.6 is 0 Å². The first kappa shape index (κ1) is 18.4. The first-order chi connectivity index (χ1) is 11.8. The van der Waals surface area contributed by atoms with Crippen LogP contribution in [0.1, 0.15) is 5.56 Å². The van der Waals surface area contributed by atoms with Gasteiger partial charge in [0.2, 0.25) is 5.91 Å². The molecule has 0 spiro atoms. The fourth-order valence-electron chi connectivity index (χ4n) is 2.12. The van der Waals surface area contributed by atoms with Gasteiger partial charge in [-0.1, -0.05) is 6.07 Å². The molecule has 2 aromatic rings. The molecule has 25 heavy (non-hydrogen) atoms. The van der Waals surface area contributed by atoms with Gasteiger partial charge in [0.05, 0.1) is 20.6 Å². The van der Waals surface area contributed by atoms with Gasteiger partial charge in [-0.05, 0) is 30.3 Å². The summed E-state index contributed by atoms with van der Waals surface area (Å²) in [6.45, 7) is 0. The van der Waals surface area contributed by atoms with Crippen molar-refractivity contribution in [2.45, 2.75) is 12.8 Å². The van der Waals surface area contributed by atoms with E-state index >= 15 is 0 Å². The zero-order chi connectivity index (χ0) is 18.4. The third kappa shape index (κ3) is 5.59. The van der Waals surface area contributed by atoms with Gasteiger partial charge in [-0.3, -0.25) is 4.79 Å². The van der Waals surface area contributed by atoms with Crippen molar-refractivity contribution in [3.05, 3.63) is 48.0 Å². The zero-order valence-corrected chi connectivity index (χ0v) is 13.5. The number of nitrogens with one attached hydrogen (secondary N) is 1.